The molecule has 2 aromatic carbocycles. The van der Waals surface area contributed by atoms with E-state index in [4.69, 9.17) is 5.73 Å². The van der Waals surface area contributed by atoms with E-state index in [1.807, 2.05) is 18.2 Å². The van der Waals surface area contributed by atoms with Gasteiger partial charge < -0.3 is 10.3 Å². The van der Waals surface area contributed by atoms with E-state index < -0.39 is 0 Å². The van der Waals surface area contributed by atoms with Crippen LogP contribution in [0.2, 0.25) is 0 Å². The van der Waals surface area contributed by atoms with Crippen molar-refractivity contribution in [2.45, 2.75) is 19.9 Å². The molecule has 0 spiro atoms. The molecule has 0 amide bonds. The van der Waals surface area contributed by atoms with Crippen molar-refractivity contribution < 1.29 is 0 Å². The van der Waals surface area contributed by atoms with Gasteiger partial charge in [-0.15, -0.1) is 0 Å². The Hall–Kier alpha value is -1.81. The summed E-state index contributed by atoms with van der Waals surface area (Å²) in [5, 5.41) is 0. The normalized spacial score (nSPS) is 12.8. The fourth-order valence-electron chi connectivity index (χ4n) is 2.54. The van der Waals surface area contributed by atoms with Crippen molar-refractivity contribution in [2.75, 3.05) is 5.73 Å². The summed E-state index contributed by atoms with van der Waals surface area (Å²) in [6.07, 6.45) is 0. The van der Waals surface area contributed by atoms with Gasteiger partial charge in [-0.25, -0.2) is 4.98 Å². The lowest BCUT2D eigenvalue weighted by Crippen LogP contribution is -2.10. The van der Waals surface area contributed by atoms with E-state index >= 15 is 0 Å². The number of nitrogens with zero attached hydrogens (tertiary/aromatic N) is 2. The second kappa shape index (κ2) is 4.94. The highest BCUT2D eigenvalue weighted by Gasteiger charge is 2.15. The Kier molecular flexibility index (Phi) is 3.26. The first-order chi connectivity index (χ1) is 9.56. The minimum Gasteiger partial charge on any atom is -0.369 e. The number of anilines is 1. The third-order valence-corrected chi connectivity index (χ3v) is 4.08. The van der Waals surface area contributed by atoms with Crippen LogP contribution in [0.3, 0.4) is 0 Å². The number of halogens is 1. The summed E-state index contributed by atoms with van der Waals surface area (Å²) in [7, 11) is 0. The fourth-order valence-corrected chi connectivity index (χ4v) is 2.96. The van der Waals surface area contributed by atoms with Crippen molar-refractivity contribution in [1.82, 2.24) is 9.55 Å². The standard InChI is InChI=1S/C16H16BrN3/c1-10-6-7-14-15(8-10)20(16(18)19-14)11(2)12-4-3-5-13(17)9-12/h3-9,11H,1-2H3,(H2,18,19). The van der Waals surface area contributed by atoms with E-state index in [1.54, 1.807) is 0 Å². The molecule has 4 heteroatoms. The maximum absolute atomic E-state index is 6.12. The summed E-state index contributed by atoms with van der Waals surface area (Å²) in [5.74, 6) is 0.554. The summed E-state index contributed by atoms with van der Waals surface area (Å²) < 4.78 is 3.16. The second-order valence-corrected chi connectivity index (χ2v) is 5.98. The van der Waals surface area contributed by atoms with Gasteiger partial charge in [0, 0.05) is 4.47 Å². The summed E-state index contributed by atoms with van der Waals surface area (Å²) in [4.78, 5) is 4.45. The summed E-state index contributed by atoms with van der Waals surface area (Å²) in [5.41, 5.74) is 10.5. The predicted octanol–water partition coefficient (Wildman–Crippen LogP) is 4.30. The first-order valence-electron chi connectivity index (χ1n) is 6.56. The molecule has 20 heavy (non-hydrogen) atoms. The smallest absolute Gasteiger partial charge is 0.201 e. The second-order valence-electron chi connectivity index (χ2n) is 5.06. The Morgan fingerprint density at radius 3 is 2.75 bits per heavy atom. The van der Waals surface area contributed by atoms with Crippen LogP contribution in [0.25, 0.3) is 11.0 Å². The molecule has 0 saturated heterocycles. The molecule has 2 N–H and O–H groups in total. The summed E-state index contributed by atoms with van der Waals surface area (Å²) >= 11 is 3.52. The summed E-state index contributed by atoms with van der Waals surface area (Å²) in [6.45, 7) is 4.22. The number of nitrogen functional groups attached to an aromatic ring is 1. The van der Waals surface area contributed by atoms with Crippen molar-refractivity contribution >= 4 is 32.9 Å². The molecule has 3 aromatic rings. The van der Waals surface area contributed by atoms with E-state index in [0.717, 1.165) is 15.5 Å². The molecule has 0 bridgehead atoms. The topological polar surface area (TPSA) is 43.8 Å². The minimum atomic E-state index is 0.138. The lowest BCUT2D eigenvalue weighted by Gasteiger charge is -2.17. The van der Waals surface area contributed by atoms with Gasteiger partial charge in [-0.05, 0) is 49.2 Å². The van der Waals surface area contributed by atoms with Crippen LogP contribution in [0.15, 0.2) is 46.9 Å². The van der Waals surface area contributed by atoms with Crippen LogP contribution in [-0.2, 0) is 0 Å². The number of aromatic nitrogens is 2. The van der Waals surface area contributed by atoms with Crippen LogP contribution in [0.5, 0.6) is 0 Å². The average molecular weight is 330 g/mol. The third-order valence-electron chi connectivity index (χ3n) is 3.59. The Morgan fingerprint density at radius 2 is 2.00 bits per heavy atom. The fraction of sp³-hybridized carbons (Fsp3) is 0.188. The summed E-state index contributed by atoms with van der Waals surface area (Å²) in [6, 6.07) is 14.6. The van der Waals surface area contributed by atoms with Crippen molar-refractivity contribution in [1.29, 1.82) is 0 Å². The molecule has 102 valence electrons. The molecular weight excluding hydrogens is 314 g/mol. The zero-order chi connectivity index (χ0) is 14.3. The number of aryl methyl sites for hydroxylation is 1. The van der Waals surface area contributed by atoms with Crippen LogP contribution < -0.4 is 5.73 Å². The SMILES string of the molecule is Cc1ccc2nc(N)n(C(C)c3cccc(Br)c3)c2c1. The molecule has 1 unspecified atom stereocenters. The molecule has 3 nitrogen and oxygen atoms in total. The van der Waals surface area contributed by atoms with Gasteiger partial charge in [-0.1, -0.05) is 34.1 Å². The monoisotopic (exact) mass is 329 g/mol. The lowest BCUT2D eigenvalue weighted by atomic mass is 10.1. The highest BCUT2D eigenvalue weighted by molar-refractivity contribution is 9.10. The third kappa shape index (κ3) is 2.20. The van der Waals surface area contributed by atoms with Crippen LogP contribution in [0.4, 0.5) is 5.95 Å². The van der Waals surface area contributed by atoms with Gasteiger partial charge in [0.1, 0.15) is 0 Å². The Balaban J connectivity index is 2.18. The zero-order valence-corrected chi connectivity index (χ0v) is 13.1. The maximum atomic E-state index is 6.12. The van der Waals surface area contributed by atoms with E-state index in [-0.39, 0.29) is 6.04 Å². The molecular formula is C16H16BrN3. The number of hydrogen-bond donors (Lipinski definition) is 1. The van der Waals surface area contributed by atoms with Crippen molar-refractivity contribution in [3.8, 4) is 0 Å². The lowest BCUT2D eigenvalue weighted by molar-refractivity contribution is 0.667. The molecule has 0 aliphatic carbocycles. The molecule has 0 fully saturated rings. The van der Waals surface area contributed by atoms with Crippen LogP contribution in [0, 0.1) is 6.92 Å². The first kappa shape index (κ1) is 13.2. The van der Waals surface area contributed by atoms with E-state index in [2.05, 4.69) is 63.6 Å². The number of nitrogens with two attached hydrogens (primary N) is 1. The van der Waals surface area contributed by atoms with Crippen molar-refractivity contribution in [3.63, 3.8) is 0 Å². The van der Waals surface area contributed by atoms with Gasteiger partial charge in [0.25, 0.3) is 0 Å². The molecule has 0 aliphatic rings. The number of benzene rings is 2. The van der Waals surface area contributed by atoms with Gasteiger partial charge in [0.15, 0.2) is 0 Å². The number of hydrogen-bond acceptors (Lipinski definition) is 2. The number of fused-ring (bicyclic) bond motifs is 1. The molecule has 0 radical (unpaired) electrons. The Morgan fingerprint density at radius 1 is 1.20 bits per heavy atom. The molecule has 1 atom stereocenters. The first-order valence-corrected chi connectivity index (χ1v) is 7.35. The minimum absolute atomic E-state index is 0.138. The molecule has 1 heterocycles. The van der Waals surface area contributed by atoms with Crippen LogP contribution >= 0.6 is 15.9 Å². The van der Waals surface area contributed by atoms with Crippen LogP contribution in [0.1, 0.15) is 24.1 Å². The van der Waals surface area contributed by atoms with E-state index in [1.165, 1.54) is 11.1 Å². The van der Waals surface area contributed by atoms with Crippen molar-refractivity contribution in [3.05, 3.63) is 58.1 Å². The van der Waals surface area contributed by atoms with Crippen molar-refractivity contribution in [2.24, 2.45) is 0 Å². The highest BCUT2D eigenvalue weighted by atomic mass is 79.9. The quantitative estimate of drug-likeness (QED) is 0.761. The van der Waals surface area contributed by atoms with E-state index in [0.29, 0.717) is 5.95 Å². The molecule has 1 aromatic heterocycles. The van der Waals surface area contributed by atoms with Gasteiger partial charge in [0.05, 0.1) is 17.1 Å². The maximum Gasteiger partial charge on any atom is 0.201 e. The van der Waals surface area contributed by atoms with Crippen LogP contribution in [-0.4, -0.2) is 9.55 Å². The predicted molar refractivity (Wildman–Crippen MR) is 86.8 cm³/mol. The molecule has 0 saturated carbocycles. The zero-order valence-electron chi connectivity index (χ0n) is 11.5. The van der Waals surface area contributed by atoms with Gasteiger partial charge in [-0.3, -0.25) is 0 Å². The average Bonchev–Trinajstić information content (AvgIpc) is 2.73. The Labute approximate surface area is 126 Å². The molecule has 0 aliphatic heterocycles. The number of imidazole rings is 1. The molecule has 3 rings (SSSR count). The van der Waals surface area contributed by atoms with E-state index in [9.17, 15) is 0 Å². The van der Waals surface area contributed by atoms with Gasteiger partial charge >= 0.3 is 0 Å². The Bertz CT molecular complexity index is 776. The number of rotatable bonds is 2. The van der Waals surface area contributed by atoms with Gasteiger partial charge in [-0.2, -0.15) is 0 Å². The largest absolute Gasteiger partial charge is 0.369 e. The highest BCUT2D eigenvalue weighted by Crippen LogP contribution is 2.29. The van der Waals surface area contributed by atoms with Gasteiger partial charge in [0.2, 0.25) is 5.95 Å².